The van der Waals surface area contributed by atoms with Gasteiger partial charge in [-0.25, -0.2) is 15.1 Å². The minimum absolute atomic E-state index is 0.0246. The third kappa shape index (κ3) is 9.24. The Hall–Kier alpha value is -4.21. The molecular weight excluding hydrogens is 498 g/mol. The van der Waals surface area contributed by atoms with Crippen molar-refractivity contribution in [1.29, 1.82) is 0 Å². The minimum Gasteiger partial charge on any atom is -0.480 e. The van der Waals surface area contributed by atoms with Crippen LogP contribution in [0, 0.1) is 5.92 Å². The summed E-state index contributed by atoms with van der Waals surface area (Å²) in [5.41, 5.74) is 5.21. The van der Waals surface area contributed by atoms with E-state index in [1.165, 1.54) is 4.90 Å². The summed E-state index contributed by atoms with van der Waals surface area (Å²) in [6.07, 6.45) is -1.09. The fourth-order valence-electron chi connectivity index (χ4n) is 4.08. The van der Waals surface area contributed by atoms with Gasteiger partial charge in [0, 0.05) is 13.0 Å². The molecular formula is C30H35N3O6. The van der Waals surface area contributed by atoms with Gasteiger partial charge in [-0.05, 0) is 28.2 Å². The Morgan fingerprint density at radius 2 is 1.41 bits per heavy atom. The van der Waals surface area contributed by atoms with Gasteiger partial charge < -0.3 is 20.1 Å². The van der Waals surface area contributed by atoms with E-state index >= 15 is 0 Å². The molecule has 0 spiro atoms. The first kappa shape index (κ1) is 29.3. The molecule has 0 aliphatic rings. The Bertz CT molecular complexity index is 1200. The first-order valence-electron chi connectivity index (χ1n) is 12.8. The highest BCUT2D eigenvalue weighted by molar-refractivity contribution is 5.84. The van der Waals surface area contributed by atoms with Gasteiger partial charge in [0.15, 0.2) is 6.10 Å². The van der Waals surface area contributed by atoms with Crippen molar-refractivity contribution in [2.75, 3.05) is 13.1 Å². The third-order valence-electron chi connectivity index (χ3n) is 6.05. The molecule has 9 heteroatoms. The lowest BCUT2D eigenvalue weighted by Gasteiger charge is -2.29. The highest BCUT2D eigenvalue weighted by Crippen LogP contribution is 2.20. The van der Waals surface area contributed by atoms with Crippen LogP contribution in [-0.2, 0) is 27.4 Å². The van der Waals surface area contributed by atoms with Gasteiger partial charge in [-0.2, -0.15) is 0 Å². The number of carboxylic acid groups (broad SMARTS) is 1. The minimum atomic E-state index is -1.19. The Labute approximate surface area is 228 Å². The van der Waals surface area contributed by atoms with E-state index in [1.54, 1.807) is 5.48 Å². The predicted octanol–water partition coefficient (Wildman–Crippen LogP) is 4.11. The summed E-state index contributed by atoms with van der Waals surface area (Å²) < 4.78 is 5.73. The van der Waals surface area contributed by atoms with Crippen LogP contribution in [0.25, 0.3) is 11.1 Å². The molecule has 0 saturated heterocycles. The van der Waals surface area contributed by atoms with E-state index in [-0.39, 0.29) is 32.0 Å². The molecule has 3 rings (SSSR count). The quantitative estimate of drug-likeness (QED) is 0.193. The van der Waals surface area contributed by atoms with Crippen molar-refractivity contribution in [1.82, 2.24) is 15.7 Å². The van der Waals surface area contributed by atoms with Crippen molar-refractivity contribution in [3.05, 3.63) is 96.1 Å². The lowest BCUT2D eigenvalue weighted by molar-refractivity contribution is -0.143. The van der Waals surface area contributed by atoms with Crippen molar-refractivity contribution >= 4 is 17.9 Å². The summed E-state index contributed by atoms with van der Waals surface area (Å²) in [4.78, 5) is 39.0. The Kier molecular flexibility index (Phi) is 11.0. The van der Waals surface area contributed by atoms with Crippen LogP contribution in [0.15, 0.2) is 84.9 Å². The van der Waals surface area contributed by atoms with Gasteiger partial charge in [0.2, 0.25) is 0 Å². The van der Waals surface area contributed by atoms with Gasteiger partial charge in [0.1, 0.15) is 6.04 Å². The molecule has 2 atom stereocenters. The number of carbonyl (C=O) groups excluding carboxylic acids is 2. The molecule has 9 nitrogen and oxygen atoms in total. The normalized spacial score (nSPS) is 12.4. The van der Waals surface area contributed by atoms with Crippen molar-refractivity contribution < 1.29 is 29.4 Å². The maximum absolute atomic E-state index is 13.2. The lowest BCUT2D eigenvalue weighted by Crippen LogP contribution is -2.53. The SMILES string of the molecule is CC(C)CN(CC(OCc1ccccc1)C(=O)NO)C(=O)N[C@@H](Cc1ccc(-c2ccccc2)cc1)C(=O)O. The molecule has 0 aromatic heterocycles. The Balaban J connectivity index is 1.69. The van der Waals surface area contributed by atoms with Gasteiger partial charge in [0.25, 0.3) is 5.91 Å². The van der Waals surface area contributed by atoms with Crippen LogP contribution in [0.3, 0.4) is 0 Å². The molecule has 3 amide bonds. The number of rotatable bonds is 13. The van der Waals surface area contributed by atoms with Crippen LogP contribution in [0.2, 0.25) is 0 Å². The molecule has 0 aliphatic heterocycles. The first-order valence-corrected chi connectivity index (χ1v) is 12.8. The largest absolute Gasteiger partial charge is 0.480 e. The van der Waals surface area contributed by atoms with Gasteiger partial charge >= 0.3 is 12.0 Å². The smallest absolute Gasteiger partial charge is 0.326 e. The number of benzene rings is 3. The number of amides is 3. The zero-order chi connectivity index (χ0) is 28.2. The van der Waals surface area contributed by atoms with Crippen LogP contribution >= 0.6 is 0 Å². The van der Waals surface area contributed by atoms with Gasteiger partial charge in [0.05, 0.1) is 13.2 Å². The zero-order valence-corrected chi connectivity index (χ0v) is 22.1. The second-order valence-corrected chi connectivity index (χ2v) is 9.67. The average Bonchev–Trinajstić information content (AvgIpc) is 2.95. The average molecular weight is 534 g/mol. The van der Waals surface area contributed by atoms with E-state index < -0.39 is 30.1 Å². The van der Waals surface area contributed by atoms with E-state index in [0.29, 0.717) is 0 Å². The van der Waals surface area contributed by atoms with Crippen LogP contribution < -0.4 is 10.8 Å². The maximum Gasteiger partial charge on any atom is 0.326 e. The highest BCUT2D eigenvalue weighted by Gasteiger charge is 2.29. The number of ether oxygens (including phenoxy) is 1. The first-order chi connectivity index (χ1) is 18.8. The van der Waals surface area contributed by atoms with E-state index in [1.807, 2.05) is 98.8 Å². The molecule has 4 N–H and O–H groups in total. The Morgan fingerprint density at radius 1 is 0.821 bits per heavy atom. The van der Waals surface area contributed by atoms with E-state index in [9.17, 15) is 24.7 Å². The van der Waals surface area contributed by atoms with Crippen LogP contribution in [0.4, 0.5) is 4.79 Å². The number of hydroxylamine groups is 1. The van der Waals surface area contributed by atoms with Crippen molar-refractivity contribution in [2.24, 2.45) is 5.92 Å². The maximum atomic E-state index is 13.2. The third-order valence-corrected chi connectivity index (χ3v) is 6.05. The summed E-state index contributed by atoms with van der Waals surface area (Å²) >= 11 is 0. The second-order valence-electron chi connectivity index (χ2n) is 9.67. The number of carboxylic acids is 1. The van der Waals surface area contributed by atoms with Crippen molar-refractivity contribution in [3.8, 4) is 11.1 Å². The van der Waals surface area contributed by atoms with E-state index in [2.05, 4.69) is 5.32 Å². The molecule has 3 aromatic rings. The van der Waals surface area contributed by atoms with E-state index in [4.69, 9.17) is 4.74 Å². The molecule has 3 aromatic carbocycles. The molecule has 0 radical (unpaired) electrons. The second kappa shape index (κ2) is 14.7. The number of hydrogen-bond donors (Lipinski definition) is 4. The number of aliphatic carboxylic acids is 1. The number of carbonyl (C=O) groups is 3. The molecule has 206 valence electrons. The van der Waals surface area contributed by atoms with Crippen LogP contribution in [-0.4, -0.2) is 58.4 Å². The van der Waals surface area contributed by atoms with Gasteiger partial charge in [-0.3, -0.25) is 10.0 Å². The van der Waals surface area contributed by atoms with Gasteiger partial charge in [-0.1, -0.05) is 98.8 Å². The zero-order valence-electron chi connectivity index (χ0n) is 22.1. The number of urea groups is 1. The number of hydrogen-bond acceptors (Lipinski definition) is 5. The molecule has 0 aliphatic carbocycles. The summed E-state index contributed by atoms with van der Waals surface area (Å²) in [5, 5.41) is 21.7. The lowest BCUT2D eigenvalue weighted by atomic mass is 10.0. The number of nitrogens with zero attached hydrogens (tertiary/aromatic N) is 1. The fraction of sp³-hybridized carbons (Fsp3) is 0.300. The number of nitrogens with one attached hydrogen (secondary N) is 2. The highest BCUT2D eigenvalue weighted by atomic mass is 16.5. The molecule has 0 heterocycles. The monoisotopic (exact) mass is 533 g/mol. The summed E-state index contributed by atoms with van der Waals surface area (Å²) in [6, 6.07) is 24.7. The fourth-order valence-corrected chi connectivity index (χ4v) is 4.08. The predicted molar refractivity (Wildman–Crippen MR) is 147 cm³/mol. The summed E-state index contributed by atoms with van der Waals surface area (Å²) in [5.74, 6) is -1.96. The summed E-state index contributed by atoms with van der Waals surface area (Å²) in [7, 11) is 0. The molecule has 0 saturated carbocycles. The molecule has 0 fully saturated rings. The molecule has 39 heavy (non-hydrogen) atoms. The molecule has 0 bridgehead atoms. The van der Waals surface area contributed by atoms with Gasteiger partial charge in [-0.15, -0.1) is 0 Å². The summed E-state index contributed by atoms with van der Waals surface area (Å²) in [6.45, 7) is 3.95. The standard InChI is InChI=1S/C30H35N3O6/c1-21(2)18-33(19-27(28(34)32-38)39-20-23-9-5-3-6-10-23)30(37)31-26(29(35)36)17-22-13-15-25(16-14-22)24-11-7-4-8-12-24/h3-16,21,26-27,38H,17-20H2,1-2H3,(H,31,37)(H,32,34)(H,35,36)/t26-,27?/m0/s1. The topological polar surface area (TPSA) is 128 Å². The Morgan fingerprint density at radius 3 is 1.97 bits per heavy atom. The molecule has 1 unspecified atom stereocenters. The van der Waals surface area contributed by atoms with Crippen LogP contribution in [0.5, 0.6) is 0 Å². The van der Waals surface area contributed by atoms with Crippen molar-refractivity contribution in [3.63, 3.8) is 0 Å². The van der Waals surface area contributed by atoms with E-state index in [0.717, 1.165) is 22.3 Å². The van der Waals surface area contributed by atoms with Crippen molar-refractivity contribution in [2.45, 2.75) is 39.0 Å². The van der Waals surface area contributed by atoms with Crippen LogP contribution in [0.1, 0.15) is 25.0 Å².